The van der Waals surface area contributed by atoms with Crippen molar-refractivity contribution in [3.8, 4) is 0 Å². The van der Waals surface area contributed by atoms with Gasteiger partial charge in [-0.15, -0.1) is 0 Å². The standard InChI is InChI=1S/C20H27N5O2/c1-4-27-20(26)25-11-9-24(10-12-25)18-13-16(3)22-19(23-18)21-14-17-7-5-15(2)6-8-17/h5-8,13H,4,9-12,14H2,1-3H3,(H,21,22,23). The first kappa shape index (κ1) is 18.9. The van der Waals surface area contributed by atoms with Crippen LogP contribution < -0.4 is 10.2 Å². The SMILES string of the molecule is CCOC(=O)N1CCN(c2cc(C)nc(NCc3ccc(C)cc3)n2)CC1. The number of carbonyl (C=O) groups is 1. The molecule has 0 radical (unpaired) electrons. The lowest BCUT2D eigenvalue weighted by atomic mass is 10.1. The molecule has 1 amide bonds. The van der Waals surface area contributed by atoms with Crippen LogP contribution in [-0.2, 0) is 11.3 Å². The van der Waals surface area contributed by atoms with Gasteiger partial charge in [-0.3, -0.25) is 0 Å². The molecule has 0 spiro atoms. The Morgan fingerprint density at radius 3 is 2.48 bits per heavy atom. The first-order valence-corrected chi connectivity index (χ1v) is 9.37. The van der Waals surface area contributed by atoms with E-state index in [-0.39, 0.29) is 6.09 Å². The number of anilines is 2. The monoisotopic (exact) mass is 369 g/mol. The summed E-state index contributed by atoms with van der Waals surface area (Å²) in [6.45, 7) is 9.68. The molecule has 1 N–H and O–H groups in total. The maximum absolute atomic E-state index is 11.8. The Hall–Kier alpha value is -2.83. The second-order valence-corrected chi connectivity index (χ2v) is 6.70. The number of aromatic nitrogens is 2. The van der Waals surface area contributed by atoms with E-state index in [0.717, 1.165) is 24.6 Å². The third kappa shape index (κ3) is 5.09. The maximum atomic E-state index is 11.8. The molecule has 2 aromatic rings. The van der Waals surface area contributed by atoms with E-state index in [4.69, 9.17) is 4.74 Å². The van der Waals surface area contributed by atoms with Crippen molar-refractivity contribution in [2.45, 2.75) is 27.3 Å². The normalized spacial score (nSPS) is 14.2. The summed E-state index contributed by atoms with van der Waals surface area (Å²) in [5, 5.41) is 3.31. The van der Waals surface area contributed by atoms with Crippen LogP contribution in [0.25, 0.3) is 0 Å². The fourth-order valence-electron chi connectivity index (χ4n) is 3.01. The van der Waals surface area contributed by atoms with Gasteiger partial charge in [0.05, 0.1) is 6.61 Å². The number of nitrogens with one attached hydrogen (secondary N) is 1. The van der Waals surface area contributed by atoms with E-state index in [2.05, 4.69) is 51.4 Å². The van der Waals surface area contributed by atoms with Crippen molar-refractivity contribution in [1.82, 2.24) is 14.9 Å². The molecule has 0 saturated carbocycles. The van der Waals surface area contributed by atoms with Crippen molar-refractivity contribution < 1.29 is 9.53 Å². The molecular weight excluding hydrogens is 342 g/mol. The lowest BCUT2D eigenvalue weighted by Crippen LogP contribution is -2.49. The van der Waals surface area contributed by atoms with Gasteiger partial charge in [0, 0.05) is 44.5 Å². The summed E-state index contributed by atoms with van der Waals surface area (Å²) in [6, 6.07) is 10.4. The first-order chi connectivity index (χ1) is 13.0. The van der Waals surface area contributed by atoms with Gasteiger partial charge in [0.15, 0.2) is 0 Å². The van der Waals surface area contributed by atoms with E-state index in [9.17, 15) is 4.79 Å². The number of rotatable bonds is 5. The second-order valence-electron chi connectivity index (χ2n) is 6.70. The van der Waals surface area contributed by atoms with Gasteiger partial charge in [0.1, 0.15) is 5.82 Å². The van der Waals surface area contributed by atoms with Crippen LogP contribution in [0, 0.1) is 13.8 Å². The van der Waals surface area contributed by atoms with E-state index < -0.39 is 0 Å². The van der Waals surface area contributed by atoms with Crippen molar-refractivity contribution in [3.63, 3.8) is 0 Å². The average Bonchev–Trinajstić information content (AvgIpc) is 2.67. The number of amides is 1. The molecule has 1 saturated heterocycles. The van der Waals surface area contributed by atoms with Crippen LogP contribution in [0.5, 0.6) is 0 Å². The zero-order valence-corrected chi connectivity index (χ0v) is 16.2. The maximum Gasteiger partial charge on any atom is 0.409 e. The summed E-state index contributed by atoms with van der Waals surface area (Å²) in [5.41, 5.74) is 3.35. The van der Waals surface area contributed by atoms with Crippen LogP contribution in [0.4, 0.5) is 16.6 Å². The summed E-state index contributed by atoms with van der Waals surface area (Å²) < 4.78 is 5.07. The lowest BCUT2D eigenvalue weighted by molar-refractivity contribution is 0.105. The van der Waals surface area contributed by atoms with Crippen molar-refractivity contribution >= 4 is 17.9 Å². The highest BCUT2D eigenvalue weighted by Crippen LogP contribution is 2.18. The summed E-state index contributed by atoms with van der Waals surface area (Å²) in [6.07, 6.45) is -0.239. The van der Waals surface area contributed by atoms with Crippen LogP contribution in [0.15, 0.2) is 30.3 Å². The molecular formula is C20H27N5O2. The van der Waals surface area contributed by atoms with Crippen LogP contribution in [-0.4, -0.2) is 53.7 Å². The van der Waals surface area contributed by atoms with Gasteiger partial charge < -0.3 is 19.9 Å². The van der Waals surface area contributed by atoms with E-state index in [0.29, 0.717) is 32.2 Å². The number of carbonyl (C=O) groups excluding carboxylic acids is 1. The van der Waals surface area contributed by atoms with Gasteiger partial charge in [0.2, 0.25) is 5.95 Å². The van der Waals surface area contributed by atoms with E-state index in [1.165, 1.54) is 11.1 Å². The molecule has 0 unspecified atom stereocenters. The predicted molar refractivity (Wildman–Crippen MR) is 106 cm³/mol. The lowest BCUT2D eigenvalue weighted by Gasteiger charge is -2.34. The van der Waals surface area contributed by atoms with Gasteiger partial charge in [-0.25, -0.2) is 9.78 Å². The molecule has 0 bridgehead atoms. The Kier molecular flexibility index (Phi) is 6.11. The van der Waals surface area contributed by atoms with E-state index in [1.54, 1.807) is 4.90 Å². The quantitative estimate of drug-likeness (QED) is 0.874. The van der Waals surface area contributed by atoms with Crippen LogP contribution >= 0.6 is 0 Å². The third-order valence-electron chi connectivity index (χ3n) is 4.54. The van der Waals surface area contributed by atoms with Gasteiger partial charge in [0.25, 0.3) is 0 Å². The molecule has 0 aliphatic carbocycles. The topological polar surface area (TPSA) is 70.6 Å². The third-order valence-corrected chi connectivity index (χ3v) is 4.54. The van der Waals surface area contributed by atoms with Gasteiger partial charge in [-0.2, -0.15) is 4.98 Å². The Morgan fingerprint density at radius 1 is 1.11 bits per heavy atom. The molecule has 1 aliphatic rings. The molecule has 1 aromatic heterocycles. The van der Waals surface area contributed by atoms with Crippen LogP contribution in [0.2, 0.25) is 0 Å². The van der Waals surface area contributed by atoms with Gasteiger partial charge in [-0.1, -0.05) is 29.8 Å². The largest absolute Gasteiger partial charge is 0.450 e. The van der Waals surface area contributed by atoms with E-state index in [1.807, 2.05) is 19.9 Å². The predicted octanol–water partition coefficient (Wildman–Crippen LogP) is 2.98. The molecule has 3 rings (SSSR count). The Balaban J connectivity index is 1.62. The number of benzene rings is 1. The Morgan fingerprint density at radius 2 is 1.81 bits per heavy atom. The summed E-state index contributed by atoms with van der Waals surface area (Å²) in [7, 11) is 0. The Labute approximate surface area is 160 Å². The number of piperazine rings is 1. The number of nitrogens with zero attached hydrogens (tertiary/aromatic N) is 4. The fourth-order valence-corrected chi connectivity index (χ4v) is 3.01. The molecule has 27 heavy (non-hydrogen) atoms. The molecule has 144 valence electrons. The molecule has 7 nitrogen and oxygen atoms in total. The zero-order valence-electron chi connectivity index (χ0n) is 16.2. The zero-order chi connectivity index (χ0) is 19.2. The van der Waals surface area contributed by atoms with Gasteiger partial charge >= 0.3 is 6.09 Å². The molecule has 0 atom stereocenters. The van der Waals surface area contributed by atoms with Crippen molar-refractivity contribution in [3.05, 3.63) is 47.2 Å². The molecule has 1 aromatic carbocycles. The summed E-state index contributed by atoms with van der Waals surface area (Å²) in [4.78, 5) is 24.9. The molecule has 7 heteroatoms. The highest BCUT2D eigenvalue weighted by molar-refractivity contribution is 5.68. The Bertz CT molecular complexity index is 770. The number of aryl methyl sites for hydroxylation is 2. The van der Waals surface area contributed by atoms with Crippen LogP contribution in [0.1, 0.15) is 23.7 Å². The summed E-state index contributed by atoms with van der Waals surface area (Å²) >= 11 is 0. The number of hydrogen-bond donors (Lipinski definition) is 1. The molecule has 1 fully saturated rings. The minimum absolute atomic E-state index is 0.239. The van der Waals surface area contributed by atoms with Crippen LogP contribution in [0.3, 0.4) is 0 Å². The number of hydrogen-bond acceptors (Lipinski definition) is 6. The van der Waals surface area contributed by atoms with Crippen molar-refractivity contribution in [1.29, 1.82) is 0 Å². The van der Waals surface area contributed by atoms with Crippen molar-refractivity contribution in [2.75, 3.05) is 43.0 Å². The summed E-state index contributed by atoms with van der Waals surface area (Å²) in [5.74, 6) is 1.51. The van der Waals surface area contributed by atoms with E-state index >= 15 is 0 Å². The highest BCUT2D eigenvalue weighted by atomic mass is 16.6. The first-order valence-electron chi connectivity index (χ1n) is 9.37. The van der Waals surface area contributed by atoms with Gasteiger partial charge in [-0.05, 0) is 26.3 Å². The fraction of sp³-hybridized carbons (Fsp3) is 0.450. The molecule has 1 aliphatic heterocycles. The minimum atomic E-state index is -0.239. The minimum Gasteiger partial charge on any atom is -0.450 e. The van der Waals surface area contributed by atoms with Crippen molar-refractivity contribution in [2.24, 2.45) is 0 Å². The highest BCUT2D eigenvalue weighted by Gasteiger charge is 2.23. The average molecular weight is 369 g/mol. The molecule has 2 heterocycles. The number of ether oxygens (including phenoxy) is 1. The smallest absolute Gasteiger partial charge is 0.409 e. The second kappa shape index (κ2) is 8.70.